The second-order valence-corrected chi connectivity index (χ2v) is 7.67. The van der Waals surface area contributed by atoms with E-state index in [2.05, 4.69) is 29.0 Å². The molecule has 1 aromatic heterocycles. The smallest absolute Gasteiger partial charge is 0.121 e. The van der Waals surface area contributed by atoms with E-state index in [9.17, 15) is 5.11 Å². The van der Waals surface area contributed by atoms with Crippen LogP contribution in [0.2, 0.25) is 0 Å². The number of β-amino-alcohol motifs (C(OH)–C–C–N with tert-alkyl or cyclic N) is 1. The molecular weight excluding hydrogens is 310 g/mol. The van der Waals surface area contributed by atoms with E-state index in [0.717, 1.165) is 29.4 Å². The second-order valence-electron chi connectivity index (χ2n) is 6.44. The average Bonchev–Trinajstić information content (AvgIpc) is 2.88. The molecule has 5 nitrogen and oxygen atoms in total. The van der Waals surface area contributed by atoms with E-state index in [1.165, 1.54) is 4.70 Å². The predicted molar refractivity (Wildman–Crippen MR) is 94.4 cm³/mol. The van der Waals surface area contributed by atoms with Gasteiger partial charge in [-0.15, -0.1) is 11.3 Å². The lowest BCUT2D eigenvalue weighted by Gasteiger charge is -2.38. The van der Waals surface area contributed by atoms with Crippen molar-refractivity contribution in [1.82, 2.24) is 15.2 Å². The van der Waals surface area contributed by atoms with Crippen molar-refractivity contribution < 1.29 is 9.84 Å². The van der Waals surface area contributed by atoms with Gasteiger partial charge >= 0.3 is 0 Å². The van der Waals surface area contributed by atoms with E-state index >= 15 is 0 Å². The van der Waals surface area contributed by atoms with Crippen LogP contribution in [0.15, 0.2) is 18.2 Å². The van der Waals surface area contributed by atoms with Crippen molar-refractivity contribution in [2.45, 2.75) is 39.0 Å². The number of piperazine rings is 1. The Morgan fingerprint density at radius 1 is 1.48 bits per heavy atom. The number of nitrogens with one attached hydrogen (secondary N) is 1. The summed E-state index contributed by atoms with van der Waals surface area (Å²) in [4.78, 5) is 6.80. The largest absolute Gasteiger partial charge is 0.491 e. The van der Waals surface area contributed by atoms with Gasteiger partial charge < -0.3 is 15.2 Å². The number of fused-ring (bicyclic) bond motifs is 1. The summed E-state index contributed by atoms with van der Waals surface area (Å²) in [5, 5.41) is 14.8. The number of aliphatic hydroxyl groups is 1. The Balaban J connectivity index is 1.54. The average molecular weight is 335 g/mol. The van der Waals surface area contributed by atoms with Gasteiger partial charge in [-0.2, -0.15) is 0 Å². The monoisotopic (exact) mass is 335 g/mol. The number of aliphatic hydroxyl groups excluding tert-OH is 1. The van der Waals surface area contributed by atoms with Crippen molar-refractivity contribution in [2.24, 2.45) is 0 Å². The molecule has 1 fully saturated rings. The molecule has 6 heteroatoms. The first-order valence-electron chi connectivity index (χ1n) is 8.17. The van der Waals surface area contributed by atoms with Gasteiger partial charge in [-0.1, -0.05) is 0 Å². The molecule has 0 radical (unpaired) electrons. The molecule has 0 amide bonds. The number of benzene rings is 1. The summed E-state index contributed by atoms with van der Waals surface area (Å²) in [5.74, 6) is 0.767. The summed E-state index contributed by atoms with van der Waals surface area (Å²) in [7, 11) is 0. The second kappa shape index (κ2) is 7.13. The third-order valence-electron chi connectivity index (χ3n) is 4.25. The number of hydrogen-bond acceptors (Lipinski definition) is 6. The summed E-state index contributed by atoms with van der Waals surface area (Å²) in [6.45, 7) is 9.24. The molecule has 1 aromatic carbocycles. The van der Waals surface area contributed by atoms with E-state index in [1.807, 2.05) is 25.1 Å². The molecule has 126 valence electrons. The van der Waals surface area contributed by atoms with Crippen LogP contribution in [0.25, 0.3) is 10.2 Å². The number of aryl methyl sites for hydroxylation is 1. The van der Waals surface area contributed by atoms with Gasteiger partial charge in [0.2, 0.25) is 0 Å². The highest BCUT2D eigenvalue weighted by atomic mass is 32.1. The van der Waals surface area contributed by atoms with Gasteiger partial charge in [-0.25, -0.2) is 4.98 Å². The zero-order valence-corrected chi connectivity index (χ0v) is 14.8. The van der Waals surface area contributed by atoms with Crippen LogP contribution in [0.3, 0.4) is 0 Å². The van der Waals surface area contributed by atoms with Crippen LogP contribution in [0.1, 0.15) is 18.9 Å². The fraction of sp³-hybridized carbons (Fsp3) is 0.588. The third-order valence-corrected chi connectivity index (χ3v) is 5.20. The van der Waals surface area contributed by atoms with Crippen LogP contribution in [0.5, 0.6) is 5.75 Å². The Kier molecular flexibility index (Phi) is 5.16. The molecule has 23 heavy (non-hydrogen) atoms. The lowest BCUT2D eigenvalue weighted by Crippen LogP contribution is -2.56. The fourth-order valence-electron chi connectivity index (χ4n) is 2.98. The van der Waals surface area contributed by atoms with Gasteiger partial charge in [-0.05, 0) is 32.9 Å². The Bertz CT molecular complexity index is 660. The summed E-state index contributed by atoms with van der Waals surface area (Å²) in [5.41, 5.74) is 0.962. The van der Waals surface area contributed by atoms with Crippen LogP contribution in [0, 0.1) is 6.92 Å². The normalized spacial score (nSPS) is 24.0. The van der Waals surface area contributed by atoms with Crippen LogP contribution < -0.4 is 10.1 Å². The van der Waals surface area contributed by atoms with Crippen molar-refractivity contribution in [3.8, 4) is 5.75 Å². The van der Waals surface area contributed by atoms with Crippen molar-refractivity contribution in [2.75, 3.05) is 26.2 Å². The maximum Gasteiger partial charge on any atom is 0.121 e. The zero-order valence-electron chi connectivity index (χ0n) is 14.0. The summed E-state index contributed by atoms with van der Waals surface area (Å²) in [6, 6.07) is 6.83. The number of nitrogens with zero attached hydrogens (tertiary/aromatic N) is 2. The molecule has 0 saturated carbocycles. The lowest BCUT2D eigenvalue weighted by molar-refractivity contribution is 0.0406. The molecule has 2 aromatic rings. The standard InChI is InChI=1S/C17H25N3O2S/c1-11-8-20(12(2)7-18-11)9-14(21)10-22-15-4-5-17-16(6-15)19-13(3)23-17/h4-6,11-12,14,18,21H,7-10H2,1-3H3/t11?,12?,14-/m0/s1. The van der Waals surface area contributed by atoms with Gasteiger partial charge in [0.05, 0.1) is 15.2 Å². The van der Waals surface area contributed by atoms with Crippen LogP contribution in [0.4, 0.5) is 0 Å². The van der Waals surface area contributed by atoms with Gasteiger partial charge in [0, 0.05) is 37.8 Å². The fourth-order valence-corrected chi connectivity index (χ4v) is 3.79. The Hall–Kier alpha value is -1.21. The molecular formula is C17H25N3O2S. The molecule has 2 N–H and O–H groups in total. The van der Waals surface area contributed by atoms with E-state index in [-0.39, 0.29) is 0 Å². The minimum absolute atomic E-state index is 0.305. The summed E-state index contributed by atoms with van der Waals surface area (Å²) < 4.78 is 6.93. The highest BCUT2D eigenvalue weighted by molar-refractivity contribution is 7.18. The summed E-state index contributed by atoms with van der Waals surface area (Å²) >= 11 is 1.68. The molecule has 2 heterocycles. The van der Waals surface area contributed by atoms with Crippen LogP contribution >= 0.6 is 11.3 Å². The molecule has 1 aliphatic rings. The highest BCUT2D eigenvalue weighted by Crippen LogP contribution is 2.25. The molecule has 1 saturated heterocycles. The molecule has 0 bridgehead atoms. The van der Waals surface area contributed by atoms with E-state index in [0.29, 0.717) is 25.2 Å². The van der Waals surface area contributed by atoms with E-state index < -0.39 is 6.10 Å². The van der Waals surface area contributed by atoms with Crippen molar-refractivity contribution in [3.05, 3.63) is 23.2 Å². The number of aromatic nitrogens is 1. The minimum Gasteiger partial charge on any atom is -0.491 e. The maximum atomic E-state index is 10.3. The first kappa shape index (κ1) is 16.6. The van der Waals surface area contributed by atoms with Crippen molar-refractivity contribution >= 4 is 21.6 Å². The Labute approximate surface area is 141 Å². The number of rotatable bonds is 5. The van der Waals surface area contributed by atoms with Gasteiger partial charge in [0.1, 0.15) is 18.5 Å². The van der Waals surface area contributed by atoms with Gasteiger partial charge in [0.15, 0.2) is 0 Å². The summed E-state index contributed by atoms with van der Waals surface area (Å²) in [6.07, 6.45) is -0.490. The highest BCUT2D eigenvalue weighted by Gasteiger charge is 2.24. The number of thiazole rings is 1. The molecule has 3 rings (SSSR count). The molecule has 2 unspecified atom stereocenters. The topological polar surface area (TPSA) is 57.6 Å². The molecule has 0 aliphatic carbocycles. The number of hydrogen-bond donors (Lipinski definition) is 2. The van der Waals surface area contributed by atoms with Gasteiger partial charge in [0.25, 0.3) is 0 Å². The first-order valence-corrected chi connectivity index (χ1v) is 8.98. The quantitative estimate of drug-likeness (QED) is 0.875. The third kappa shape index (κ3) is 4.20. The minimum atomic E-state index is -0.490. The number of ether oxygens (including phenoxy) is 1. The SMILES string of the molecule is Cc1nc2cc(OC[C@@H](O)CN3CC(C)NCC3C)ccc2s1. The zero-order chi connectivity index (χ0) is 16.4. The van der Waals surface area contributed by atoms with Crippen molar-refractivity contribution in [1.29, 1.82) is 0 Å². The maximum absolute atomic E-state index is 10.3. The van der Waals surface area contributed by atoms with Crippen LogP contribution in [-0.4, -0.2) is 59.4 Å². The van der Waals surface area contributed by atoms with Crippen LogP contribution in [-0.2, 0) is 0 Å². The van der Waals surface area contributed by atoms with E-state index in [4.69, 9.17) is 4.74 Å². The van der Waals surface area contributed by atoms with Gasteiger partial charge in [-0.3, -0.25) is 4.90 Å². The molecule has 3 atom stereocenters. The molecule has 0 spiro atoms. The predicted octanol–water partition coefficient (Wildman–Crippen LogP) is 2.03. The molecule has 1 aliphatic heterocycles. The Morgan fingerprint density at radius 2 is 2.30 bits per heavy atom. The van der Waals surface area contributed by atoms with Crippen molar-refractivity contribution in [3.63, 3.8) is 0 Å². The Morgan fingerprint density at radius 3 is 3.13 bits per heavy atom. The van der Waals surface area contributed by atoms with E-state index in [1.54, 1.807) is 11.3 Å². The lowest BCUT2D eigenvalue weighted by atomic mass is 10.1. The first-order chi connectivity index (χ1) is 11.0.